The highest BCUT2D eigenvalue weighted by Crippen LogP contribution is 2.56. The zero-order valence-corrected chi connectivity index (χ0v) is 61.5. The number of hydrogen-bond donors (Lipinski definition) is 4. The summed E-state index contributed by atoms with van der Waals surface area (Å²) in [5.74, 6) is -1.78. The molecule has 6 aromatic heterocycles. The molecule has 0 fully saturated rings. The van der Waals surface area contributed by atoms with Gasteiger partial charge in [-0.25, -0.2) is 15.0 Å². The van der Waals surface area contributed by atoms with Crippen LogP contribution in [0.5, 0.6) is 0 Å². The lowest BCUT2D eigenvalue weighted by molar-refractivity contribution is 0.0957. The molecule has 10 heterocycles. The van der Waals surface area contributed by atoms with E-state index in [2.05, 4.69) is 341 Å². The average Bonchev–Trinajstić information content (AvgIpc) is 1.55. The summed E-state index contributed by atoms with van der Waals surface area (Å²) in [6.45, 7) is 14.9. The molecule has 9 heteroatoms. The Morgan fingerprint density at radius 3 is 0.899 bits per heavy atom. The van der Waals surface area contributed by atoms with Crippen molar-refractivity contribution in [3.05, 3.63) is 344 Å². The lowest BCUT2D eigenvalue weighted by Gasteiger charge is -2.22. The van der Waals surface area contributed by atoms with Crippen LogP contribution in [0, 0.1) is 48.5 Å². The van der Waals surface area contributed by atoms with Crippen LogP contribution in [-0.4, -0.2) is 45.7 Å². The molecule has 1 aliphatic carbocycles. The minimum absolute atomic E-state index is 0.0357. The smallest absolute Gasteiger partial charge is 0.173 e. The largest absolute Gasteiger partial charge is 0.354 e. The molecule has 9 nitrogen and oxygen atoms in total. The molecular weight excluding hydrogens is 1330 g/mol. The molecular formula is C100H74N8O. The predicted molar refractivity (Wildman–Crippen MR) is 452 cm³/mol. The van der Waals surface area contributed by atoms with Gasteiger partial charge in [-0.2, -0.15) is 0 Å². The number of nitrogens with zero attached hydrogens (tertiary/aromatic N) is 4. The fourth-order valence-corrected chi connectivity index (χ4v) is 17.1. The highest BCUT2D eigenvalue weighted by molar-refractivity contribution is 6.20. The van der Waals surface area contributed by atoms with Gasteiger partial charge in [0.25, 0.3) is 0 Å². The van der Waals surface area contributed by atoms with E-state index in [1.165, 1.54) is 0 Å². The molecule has 109 heavy (non-hydrogen) atoms. The SMILES string of the molecule is Cc1ccc(-c2c3nc(c(-c4ccc(C)cc4)c4cc(C5c6nc7c(c8ccc([nH]8)c(-c8ccc(C)cc8)c8nc(c(-c9ccc(C)cc9)c9ccc([nH]9)c6-c6ccc(C)cc6)C=C8)-c6cccc8cccc(c68)C(=O)C75)c([nH]4)c(-c4ccc(C)cc4)c4nc(c(-c5ccc(C)cc5)c5ccc2[nH]5)C=C4)C=C3)cc1. The standard InChI is InChI=1S/C100H74N8O/c1-55-14-28-63(29-15-55)87-73-42-43-74(101-73)88(64-30-16-56(2)17-31-64)78-48-51-82(104-78)92(68-38-24-60(6)25-39-68)97-72(54-85(107-97)91(81-47-46-77(87)103-81)67-36-22-59(5)23-37-67)95-96-99-94(70-12-8-10-62-11-9-13-71(86(62)70)100(96)109)84-53-50-80(106-84)90(66-34-20-58(4)21-35-66)76-45-44-75(102-76)89(65-32-18-57(3)19-33-65)79-49-52-83(105-79)93(98(95)108-99)69-40-26-61(7)27-41-69/h8-54,95-96,101,105-107H,1-7H3. The van der Waals surface area contributed by atoms with E-state index in [1.54, 1.807) is 0 Å². The van der Waals surface area contributed by atoms with Crippen LogP contribution >= 0.6 is 0 Å². The van der Waals surface area contributed by atoms with Gasteiger partial charge >= 0.3 is 0 Å². The topological polar surface area (TPSA) is 132 Å². The van der Waals surface area contributed by atoms with Crippen molar-refractivity contribution >= 4 is 97.1 Å². The Kier molecular flexibility index (Phi) is 15.2. The summed E-state index contributed by atoms with van der Waals surface area (Å²) in [6.07, 6.45) is 13.0. The van der Waals surface area contributed by atoms with Gasteiger partial charge in [-0.3, -0.25) is 9.78 Å². The van der Waals surface area contributed by atoms with E-state index in [0.29, 0.717) is 11.3 Å². The summed E-state index contributed by atoms with van der Waals surface area (Å²) in [7, 11) is 0. The first-order valence-electron chi connectivity index (χ1n) is 37.5. The van der Waals surface area contributed by atoms with Crippen LogP contribution in [0.2, 0.25) is 0 Å². The number of aromatic nitrogens is 8. The van der Waals surface area contributed by atoms with Crippen molar-refractivity contribution in [2.24, 2.45) is 0 Å². The third-order valence-corrected chi connectivity index (χ3v) is 22.6. The number of aromatic amines is 4. The first-order chi connectivity index (χ1) is 53.3. The van der Waals surface area contributed by atoms with Crippen molar-refractivity contribution in [1.82, 2.24) is 39.9 Å². The zero-order chi connectivity index (χ0) is 73.4. The first kappa shape index (κ1) is 64.9. The van der Waals surface area contributed by atoms with Crippen molar-refractivity contribution in [3.63, 3.8) is 0 Å². The number of benzene rings is 9. The fourth-order valence-electron chi connectivity index (χ4n) is 17.1. The maximum absolute atomic E-state index is 17.7. The number of nitrogens with one attached hydrogen (secondary N) is 4. The Morgan fingerprint density at radius 2 is 0.541 bits per heavy atom. The molecule has 4 N–H and O–H groups in total. The van der Waals surface area contributed by atoms with Gasteiger partial charge < -0.3 is 19.9 Å². The molecule has 0 amide bonds. The molecule has 20 rings (SSSR count). The Labute approximate surface area is 631 Å². The second-order valence-corrected chi connectivity index (χ2v) is 30.0. The van der Waals surface area contributed by atoms with Gasteiger partial charge in [0.15, 0.2) is 5.78 Å². The molecule has 9 aromatic carbocycles. The lowest BCUT2D eigenvalue weighted by Crippen LogP contribution is -2.18. The quantitative estimate of drug-likeness (QED) is 0.120. The third-order valence-electron chi connectivity index (χ3n) is 22.6. The molecule has 4 aliphatic heterocycles. The first-order valence-corrected chi connectivity index (χ1v) is 37.5. The van der Waals surface area contributed by atoms with Gasteiger partial charge in [0.1, 0.15) is 0 Å². The van der Waals surface area contributed by atoms with Gasteiger partial charge in [0, 0.05) is 100.0 Å². The number of fused-ring (bicyclic) bond motifs is 17. The molecule has 5 aliphatic rings. The van der Waals surface area contributed by atoms with E-state index in [4.69, 9.17) is 19.9 Å². The number of carbonyl (C=O) groups is 1. The summed E-state index contributed by atoms with van der Waals surface area (Å²) >= 11 is 0. The van der Waals surface area contributed by atoms with Gasteiger partial charge in [0.05, 0.1) is 57.0 Å². The minimum atomic E-state index is -0.935. The van der Waals surface area contributed by atoms with E-state index in [9.17, 15) is 0 Å². The van der Waals surface area contributed by atoms with Gasteiger partial charge in [0.2, 0.25) is 0 Å². The van der Waals surface area contributed by atoms with E-state index in [1.807, 2.05) is 12.1 Å². The van der Waals surface area contributed by atoms with Crippen molar-refractivity contribution in [2.75, 3.05) is 0 Å². The number of H-pyrrole nitrogens is 4. The Balaban J connectivity index is 1.01. The Hall–Kier alpha value is -13.6. The zero-order valence-electron chi connectivity index (χ0n) is 61.5. The highest BCUT2D eigenvalue weighted by Gasteiger charge is 2.46. The summed E-state index contributed by atoms with van der Waals surface area (Å²) in [4.78, 5) is 58.0. The summed E-state index contributed by atoms with van der Waals surface area (Å²) < 4.78 is 0. The van der Waals surface area contributed by atoms with Crippen LogP contribution in [0.3, 0.4) is 0 Å². The van der Waals surface area contributed by atoms with Crippen LogP contribution in [0.15, 0.2) is 249 Å². The maximum Gasteiger partial charge on any atom is 0.173 e. The number of hydrogen-bond acceptors (Lipinski definition) is 5. The molecule has 0 radical (unpaired) electrons. The third kappa shape index (κ3) is 11.0. The number of aryl methyl sites for hydroxylation is 7. The van der Waals surface area contributed by atoms with Gasteiger partial charge in [-0.15, -0.1) is 0 Å². The van der Waals surface area contributed by atoms with Gasteiger partial charge in [-0.05, 0) is 183 Å². The van der Waals surface area contributed by atoms with E-state index >= 15 is 4.79 Å². The van der Waals surface area contributed by atoms with Gasteiger partial charge in [-0.1, -0.05) is 245 Å². The van der Waals surface area contributed by atoms with Crippen molar-refractivity contribution in [1.29, 1.82) is 0 Å². The van der Waals surface area contributed by atoms with Crippen LogP contribution in [0.25, 0.3) is 180 Å². The van der Waals surface area contributed by atoms with Crippen molar-refractivity contribution in [2.45, 2.75) is 60.3 Å². The Bertz CT molecular complexity index is 6810. The molecule has 0 saturated heterocycles. The monoisotopic (exact) mass is 1400 g/mol. The fraction of sp³-hybridized carbons (Fsp3) is 0.0900. The molecule has 2 unspecified atom stereocenters. The molecule has 15 aromatic rings. The number of ketones is 1. The second kappa shape index (κ2) is 25.6. The van der Waals surface area contributed by atoms with Crippen LogP contribution in [0.1, 0.15) is 112 Å². The van der Waals surface area contributed by atoms with Crippen LogP contribution < -0.4 is 0 Å². The molecule has 520 valence electrons. The van der Waals surface area contributed by atoms with Crippen LogP contribution in [0.4, 0.5) is 0 Å². The van der Waals surface area contributed by atoms with Crippen LogP contribution in [-0.2, 0) is 0 Å². The van der Waals surface area contributed by atoms with E-state index in [0.717, 1.165) is 228 Å². The summed E-state index contributed by atoms with van der Waals surface area (Å²) in [5.41, 5.74) is 37.5. The van der Waals surface area contributed by atoms with E-state index < -0.39 is 11.8 Å². The average molecular weight is 1400 g/mol. The molecule has 0 spiro atoms. The van der Waals surface area contributed by atoms with Crippen molar-refractivity contribution in [3.8, 4) is 89.0 Å². The second-order valence-electron chi connectivity index (χ2n) is 30.0. The summed E-state index contributed by atoms with van der Waals surface area (Å²) in [5, 5.41) is 1.84. The number of carbonyl (C=O) groups excluding carboxylic acids is 1. The minimum Gasteiger partial charge on any atom is -0.354 e. The van der Waals surface area contributed by atoms with Crippen molar-refractivity contribution < 1.29 is 4.79 Å². The Morgan fingerprint density at radius 1 is 0.257 bits per heavy atom. The maximum atomic E-state index is 17.7. The summed E-state index contributed by atoms with van der Waals surface area (Å²) in [6, 6.07) is 89.5. The molecule has 2 atom stereocenters. The highest BCUT2D eigenvalue weighted by atomic mass is 16.1. The normalized spacial score (nSPS) is 14.1. The number of Topliss-reactive ketones (excluding diaryl/α,β-unsaturated/α-hetero) is 1. The molecule has 0 saturated carbocycles. The van der Waals surface area contributed by atoms with E-state index in [-0.39, 0.29) is 5.78 Å². The lowest BCUT2D eigenvalue weighted by atomic mass is 9.77. The molecule has 16 bridgehead atoms. The number of rotatable bonds is 8. The predicted octanol–water partition coefficient (Wildman–Crippen LogP) is 25.2.